The van der Waals surface area contributed by atoms with Gasteiger partial charge in [-0.15, -0.1) is 0 Å². The van der Waals surface area contributed by atoms with Crippen LogP contribution in [0.1, 0.15) is 26.7 Å². The van der Waals surface area contributed by atoms with Gasteiger partial charge in [-0.3, -0.25) is 14.4 Å². The van der Waals surface area contributed by atoms with Crippen LogP contribution in [0, 0.1) is 11.8 Å². The van der Waals surface area contributed by atoms with Crippen molar-refractivity contribution in [3.63, 3.8) is 0 Å². The topological polar surface area (TPSA) is 114 Å². The third kappa shape index (κ3) is 3.27. The second-order valence-corrected chi connectivity index (χ2v) is 8.30. The molecule has 4 rings (SSSR count). The number of aliphatic hydroxyl groups is 1. The maximum Gasteiger partial charge on any atom is 0.312 e. The highest BCUT2D eigenvalue weighted by Crippen LogP contribution is 2.59. The molecule has 6 atom stereocenters. The van der Waals surface area contributed by atoms with Crippen LogP contribution in [0.2, 0.25) is 0 Å². The number of amides is 2. The molecule has 0 aromatic heterocycles. The molecular formula is C22H28N2O7. The average molecular weight is 432 g/mol. The van der Waals surface area contributed by atoms with E-state index in [-0.39, 0.29) is 19.1 Å². The number of fused-ring (bicyclic) bond motifs is 1. The van der Waals surface area contributed by atoms with Gasteiger partial charge in [0.05, 0.1) is 44.3 Å². The highest BCUT2D eigenvalue weighted by atomic mass is 16.6. The minimum atomic E-state index is -1.11. The van der Waals surface area contributed by atoms with Crippen molar-refractivity contribution in [2.24, 2.45) is 11.8 Å². The minimum absolute atomic E-state index is 0.202. The number of nitrogens with zero attached hydrogens (tertiary/aromatic N) is 1. The number of esters is 1. The van der Waals surface area contributed by atoms with Crippen LogP contribution in [-0.2, 0) is 23.9 Å². The number of likely N-dealkylation sites (tertiary alicyclic amines) is 1. The third-order valence-corrected chi connectivity index (χ3v) is 6.64. The van der Waals surface area contributed by atoms with Crippen LogP contribution in [-0.4, -0.2) is 71.9 Å². The van der Waals surface area contributed by atoms with E-state index in [9.17, 15) is 19.5 Å². The van der Waals surface area contributed by atoms with E-state index in [0.29, 0.717) is 24.3 Å². The fraction of sp³-hybridized carbons (Fsp3) is 0.591. The first-order valence-electron chi connectivity index (χ1n) is 10.6. The number of aliphatic hydroxyl groups excluding tert-OH is 1. The molecule has 1 aromatic rings. The number of carbonyl (C=O) groups is 3. The Hall–Kier alpha value is -2.65. The molecule has 9 nitrogen and oxygen atoms in total. The molecule has 0 saturated carbocycles. The number of anilines is 1. The molecule has 1 aromatic carbocycles. The van der Waals surface area contributed by atoms with Gasteiger partial charge in [-0.2, -0.15) is 0 Å². The van der Waals surface area contributed by atoms with Gasteiger partial charge in [-0.05, 0) is 51.0 Å². The first kappa shape index (κ1) is 21.6. The lowest BCUT2D eigenvalue weighted by Crippen LogP contribution is -2.55. The summed E-state index contributed by atoms with van der Waals surface area (Å²) in [6, 6.07) is 5.29. The molecule has 9 heteroatoms. The van der Waals surface area contributed by atoms with Crippen molar-refractivity contribution < 1.29 is 33.7 Å². The van der Waals surface area contributed by atoms with Crippen LogP contribution in [0.3, 0.4) is 0 Å². The second kappa shape index (κ2) is 8.12. The van der Waals surface area contributed by atoms with Crippen molar-refractivity contribution in [1.82, 2.24) is 4.90 Å². The normalized spacial score (nSPS) is 32.0. The lowest BCUT2D eigenvalue weighted by molar-refractivity contribution is -0.155. The average Bonchev–Trinajstić information content (AvgIpc) is 3.41. The number of methoxy groups -OCH3 is 1. The molecule has 1 spiro atoms. The maximum absolute atomic E-state index is 13.5. The number of carbonyl (C=O) groups excluding carboxylic acids is 3. The van der Waals surface area contributed by atoms with Crippen LogP contribution >= 0.6 is 0 Å². The number of hydrogen-bond donors (Lipinski definition) is 2. The number of hydrogen-bond acceptors (Lipinski definition) is 7. The number of rotatable bonds is 7. The Bertz CT molecular complexity index is 873. The molecular weight excluding hydrogens is 404 g/mol. The predicted molar refractivity (Wildman–Crippen MR) is 109 cm³/mol. The largest absolute Gasteiger partial charge is 0.497 e. The number of ether oxygens (including phenoxy) is 3. The third-order valence-electron chi connectivity index (χ3n) is 6.64. The van der Waals surface area contributed by atoms with E-state index in [0.717, 1.165) is 0 Å². The van der Waals surface area contributed by atoms with E-state index in [1.54, 1.807) is 45.2 Å². The summed E-state index contributed by atoms with van der Waals surface area (Å²) in [5.41, 5.74) is -0.566. The van der Waals surface area contributed by atoms with E-state index < -0.39 is 47.5 Å². The molecule has 3 saturated heterocycles. The zero-order chi connectivity index (χ0) is 22.3. The van der Waals surface area contributed by atoms with Crippen LogP contribution < -0.4 is 10.1 Å². The van der Waals surface area contributed by atoms with Gasteiger partial charge in [0.2, 0.25) is 11.8 Å². The summed E-state index contributed by atoms with van der Waals surface area (Å²) in [5.74, 6) is -2.12. The van der Waals surface area contributed by atoms with Crippen molar-refractivity contribution >= 4 is 23.5 Å². The summed E-state index contributed by atoms with van der Waals surface area (Å²) in [6.07, 6.45) is 0.608. The summed E-state index contributed by atoms with van der Waals surface area (Å²) in [4.78, 5) is 41.0. The zero-order valence-electron chi connectivity index (χ0n) is 17.9. The van der Waals surface area contributed by atoms with Crippen molar-refractivity contribution in [1.29, 1.82) is 0 Å². The summed E-state index contributed by atoms with van der Waals surface area (Å²) in [6.45, 7) is 3.28. The van der Waals surface area contributed by atoms with Gasteiger partial charge < -0.3 is 29.5 Å². The van der Waals surface area contributed by atoms with E-state index in [1.807, 2.05) is 0 Å². The Morgan fingerprint density at radius 1 is 1.35 bits per heavy atom. The Labute approximate surface area is 180 Å². The molecule has 0 aliphatic carbocycles. The van der Waals surface area contributed by atoms with Gasteiger partial charge in [0.25, 0.3) is 0 Å². The fourth-order valence-electron chi connectivity index (χ4n) is 5.34. The standard InChI is InChI=1S/C22H28N2O7/c1-4-30-21(28)16-15-9-10-22(31-15)17(16)20(27)24(12(2)11-25)18(22)19(26)23-13-5-7-14(29-3)8-6-13/h5-8,12,15-18,25H,4,9-11H2,1-3H3,(H,23,26)/t12-,15-,16+,17+,18?,22?/m1/s1. The van der Waals surface area contributed by atoms with Crippen molar-refractivity contribution in [3.8, 4) is 5.75 Å². The maximum atomic E-state index is 13.5. The van der Waals surface area contributed by atoms with Gasteiger partial charge in [-0.1, -0.05) is 0 Å². The predicted octanol–water partition coefficient (Wildman–Crippen LogP) is 0.952. The SMILES string of the molecule is CCOC(=O)[C@@H]1[C@H]2C(=O)N([C@H](C)CO)C(C(=O)Nc3ccc(OC)cc3)C23CC[C@H]1O3. The van der Waals surface area contributed by atoms with Gasteiger partial charge in [0.15, 0.2) is 0 Å². The fourth-order valence-corrected chi connectivity index (χ4v) is 5.34. The van der Waals surface area contributed by atoms with Crippen LogP contribution in [0.5, 0.6) is 5.75 Å². The molecule has 3 fully saturated rings. The van der Waals surface area contributed by atoms with Crippen LogP contribution in [0.4, 0.5) is 5.69 Å². The summed E-state index contributed by atoms with van der Waals surface area (Å²) in [7, 11) is 1.55. The first-order valence-corrected chi connectivity index (χ1v) is 10.6. The van der Waals surface area contributed by atoms with Crippen LogP contribution in [0.15, 0.2) is 24.3 Å². The van der Waals surface area contributed by atoms with Crippen molar-refractivity contribution in [3.05, 3.63) is 24.3 Å². The molecule has 2 amide bonds. The molecule has 2 bridgehead atoms. The van der Waals surface area contributed by atoms with Gasteiger partial charge >= 0.3 is 5.97 Å². The van der Waals surface area contributed by atoms with Gasteiger partial charge in [0, 0.05) is 5.69 Å². The van der Waals surface area contributed by atoms with Crippen LogP contribution in [0.25, 0.3) is 0 Å². The van der Waals surface area contributed by atoms with Crippen molar-refractivity contribution in [2.75, 3.05) is 25.6 Å². The minimum Gasteiger partial charge on any atom is -0.497 e. The molecule has 3 heterocycles. The monoisotopic (exact) mass is 432 g/mol. The first-order chi connectivity index (χ1) is 14.9. The van der Waals surface area contributed by atoms with E-state index in [2.05, 4.69) is 5.32 Å². The smallest absolute Gasteiger partial charge is 0.312 e. The molecule has 31 heavy (non-hydrogen) atoms. The zero-order valence-corrected chi connectivity index (χ0v) is 17.9. The molecule has 168 valence electrons. The van der Waals surface area contributed by atoms with Gasteiger partial charge in [0.1, 0.15) is 17.4 Å². The molecule has 0 radical (unpaired) electrons. The number of benzene rings is 1. The Kier molecular flexibility index (Phi) is 5.65. The molecule has 3 aliphatic rings. The molecule has 2 unspecified atom stereocenters. The summed E-state index contributed by atoms with van der Waals surface area (Å²) < 4.78 is 16.6. The lowest BCUT2D eigenvalue weighted by atomic mass is 9.71. The highest BCUT2D eigenvalue weighted by molar-refractivity contribution is 6.03. The summed E-state index contributed by atoms with van der Waals surface area (Å²) >= 11 is 0. The van der Waals surface area contributed by atoms with Gasteiger partial charge in [-0.25, -0.2) is 0 Å². The number of nitrogens with one attached hydrogen (secondary N) is 1. The molecule has 3 aliphatic heterocycles. The lowest BCUT2D eigenvalue weighted by Gasteiger charge is -2.35. The summed E-state index contributed by atoms with van der Waals surface area (Å²) in [5, 5.41) is 12.6. The second-order valence-electron chi connectivity index (χ2n) is 8.30. The van der Waals surface area contributed by atoms with E-state index in [4.69, 9.17) is 14.2 Å². The Balaban J connectivity index is 1.68. The van der Waals surface area contributed by atoms with E-state index in [1.165, 1.54) is 4.90 Å². The molecule has 2 N–H and O–H groups in total. The highest BCUT2D eigenvalue weighted by Gasteiger charge is 2.75. The Morgan fingerprint density at radius 3 is 2.68 bits per heavy atom. The Morgan fingerprint density at radius 2 is 2.06 bits per heavy atom. The quantitative estimate of drug-likeness (QED) is 0.617. The van der Waals surface area contributed by atoms with Crippen molar-refractivity contribution in [2.45, 2.75) is 50.5 Å². The van der Waals surface area contributed by atoms with E-state index >= 15 is 0 Å².